The number of piperazine rings is 1. The van der Waals surface area contributed by atoms with Crippen molar-refractivity contribution in [3.05, 3.63) is 29.8 Å². The van der Waals surface area contributed by atoms with Crippen LogP contribution >= 0.6 is 0 Å². The summed E-state index contributed by atoms with van der Waals surface area (Å²) in [7, 11) is 0. The Morgan fingerprint density at radius 2 is 1.76 bits per heavy atom. The summed E-state index contributed by atoms with van der Waals surface area (Å²) in [6.07, 6.45) is 0. The highest BCUT2D eigenvalue weighted by atomic mass is 16.2. The number of nitrogens with zero attached hydrogens (tertiary/aromatic N) is 3. The molecule has 0 atom stereocenters. The van der Waals surface area contributed by atoms with Crippen LogP contribution in [0.3, 0.4) is 0 Å². The maximum atomic E-state index is 12.7. The number of rotatable bonds is 2. The number of hydrogen-bond acceptors (Lipinski definition) is 2. The van der Waals surface area contributed by atoms with Crippen LogP contribution in [0.1, 0.15) is 19.4 Å². The molecular weight excluding hydrogens is 266 g/mol. The van der Waals surface area contributed by atoms with Crippen molar-refractivity contribution >= 4 is 17.6 Å². The molecule has 21 heavy (non-hydrogen) atoms. The van der Waals surface area contributed by atoms with Gasteiger partial charge in [-0.25, -0.2) is 4.79 Å². The number of anilines is 1. The minimum atomic E-state index is 0.0197. The van der Waals surface area contributed by atoms with Crippen LogP contribution < -0.4 is 4.90 Å². The molecule has 1 heterocycles. The van der Waals surface area contributed by atoms with Crippen LogP contribution in [0.5, 0.6) is 0 Å². The molecule has 0 aliphatic carbocycles. The summed E-state index contributed by atoms with van der Waals surface area (Å²) in [5, 5.41) is 0. The third-order valence-electron chi connectivity index (χ3n) is 3.86. The summed E-state index contributed by atoms with van der Waals surface area (Å²) in [6, 6.07) is 7.99. The van der Waals surface area contributed by atoms with Gasteiger partial charge in [-0.3, -0.25) is 9.69 Å². The molecule has 1 aliphatic rings. The van der Waals surface area contributed by atoms with Gasteiger partial charge in [0.25, 0.3) is 0 Å². The van der Waals surface area contributed by atoms with Crippen LogP contribution in [0, 0.1) is 6.92 Å². The first-order valence-corrected chi connectivity index (χ1v) is 7.41. The topological polar surface area (TPSA) is 43.9 Å². The molecule has 5 nitrogen and oxygen atoms in total. The number of urea groups is 1. The Bertz CT molecular complexity index is 522. The lowest BCUT2D eigenvalue weighted by atomic mass is 10.2. The molecule has 0 saturated carbocycles. The van der Waals surface area contributed by atoms with E-state index in [0.717, 1.165) is 11.3 Å². The lowest BCUT2D eigenvalue weighted by Gasteiger charge is -2.37. The van der Waals surface area contributed by atoms with E-state index in [1.54, 1.807) is 16.7 Å². The Kier molecular flexibility index (Phi) is 4.83. The van der Waals surface area contributed by atoms with Gasteiger partial charge in [0.2, 0.25) is 5.91 Å². The van der Waals surface area contributed by atoms with E-state index in [-0.39, 0.29) is 11.9 Å². The number of benzene rings is 1. The molecular formula is C16H23N3O2. The highest BCUT2D eigenvalue weighted by molar-refractivity contribution is 5.92. The molecule has 1 aromatic rings. The van der Waals surface area contributed by atoms with Crippen LogP contribution in [0.15, 0.2) is 24.3 Å². The number of aryl methyl sites for hydroxylation is 1. The van der Waals surface area contributed by atoms with Crippen LogP contribution in [-0.4, -0.2) is 54.5 Å². The lowest BCUT2D eigenvalue weighted by molar-refractivity contribution is -0.130. The number of amides is 3. The van der Waals surface area contributed by atoms with Crippen molar-refractivity contribution in [3.8, 4) is 0 Å². The van der Waals surface area contributed by atoms with Gasteiger partial charge in [-0.15, -0.1) is 0 Å². The van der Waals surface area contributed by atoms with Gasteiger partial charge in [-0.05, 0) is 31.5 Å². The van der Waals surface area contributed by atoms with E-state index in [1.807, 2.05) is 43.0 Å². The third kappa shape index (κ3) is 3.54. The summed E-state index contributed by atoms with van der Waals surface area (Å²) in [4.78, 5) is 29.4. The van der Waals surface area contributed by atoms with E-state index in [2.05, 4.69) is 0 Å². The Morgan fingerprint density at radius 1 is 1.14 bits per heavy atom. The molecule has 1 fully saturated rings. The lowest BCUT2D eigenvalue weighted by Crippen LogP contribution is -2.53. The molecule has 0 unspecified atom stereocenters. The molecule has 0 bridgehead atoms. The van der Waals surface area contributed by atoms with Gasteiger partial charge < -0.3 is 9.80 Å². The maximum Gasteiger partial charge on any atom is 0.324 e. The van der Waals surface area contributed by atoms with Crippen molar-refractivity contribution in [1.29, 1.82) is 0 Å². The highest BCUT2D eigenvalue weighted by Crippen LogP contribution is 2.18. The Balaban J connectivity index is 2.06. The summed E-state index contributed by atoms with van der Waals surface area (Å²) in [5.41, 5.74) is 2.07. The molecule has 0 radical (unpaired) electrons. The van der Waals surface area contributed by atoms with Crippen LogP contribution in [-0.2, 0) is 4.79 Å². The van der Waals surface area contributed by atoms with Gasteiger partial charge in [0, 0.05) is 45.3 Å². The van der Waals surface area contributed by atoms with Gasteiger partial charge in [-0.1, -0.05) is 12.1 Å². The van der Waals surface area contributed by atoms with Crippen molar-refractivity contribution < 1.29 is 9.59 Å². The predicted molar refractivity (Wildman–Crippen MR) is 83.4 cm³/mol. The summed E-state index contributed by atoms with van der Waals surface area (Å²) >= 11 is 0. The monoisotopic (exact) mass is 289 g/mol. The first kappa shape index (κ1) is 15.4. The Morgan fingerprint density at radius 3 is 2.29 bits per heavy atom. The molecule has 3 amide bonds. The average molecular weight is 289 g/mol. The third-order valence-corrected chi connectivity index (χ3v) is 3.86. The first-order chi connectivity index (χ1) is 10.0. The molecule has 0 aromatic heterocycles. The van der Waals surface area contributed by atoms with E-state index in [9.17, 15) is 9.59 Å². The van der Waals surface area contributed by atoms with Crippen molar-refractivity contribution in [2.24, 2.45) is 0 Å². The smallest absolute Gasteiger partial charge is 0.324 e. The van der Waals surface area contributed by atoms with Crippen LogP contribution in [0.25, 0.3) is 0 Å². The zero-order chi connectivity index (χ0) is 15.4. The van der Waals surface area contributed by atoms with Gasteiger partial charge in [0.1, 0.15) is 0 Å². The zero-order valence-corrected chi connectivity index (χ0v) is 13.0. The molecule has 1 saturated heterocycles. The van der Waals surface area contributed by atoms with E-state index in [0.29, 0.717) is 32.7 Å². The molecule has 2 rings (SSSR count). The predicted octanol–water partition coefficient (Wildman–Crippen LogP) is 2.11. The summed E-state index contributed by atoms with van der Waals surface area (Å²) in [5.74, 6) is 0.0770. The second-order valence-corrected chi connectivity index (χ2v) is 5.36. The summed E-state index contributed by atoms with van der Waals surface area (Å²) < 4.78 is 0. The van der Waals surface area contributed by atoms with Crippen LogP contribution in [0.4, 0.5) is 10.5 Å². The zero-order valence-electron chi connectivity index (χ0n) is 13.0. The standard InChI is InChI=1S/C16H23N3O2/c1-4-19(15-7-5-6-13(2)12-15)16(21)18-10-8-17(9-11-18)14(3)20/h5-7,12H,4,8-11H2,1-3H3. The number of carbonyl (C=O) groups is 2. The van der Waals surface area contributed by atoms with Crippen molar-refractivity contribution in [2.45, 2.75) is 20.8 Å². The van der Waals surface area contributed by atoms with Gasteiger partial charge >= 0.3 is 6.03 Å². The fourth-order valence-electron chi connectivity index (χ4n) is 2.61. The minimum absolute atomic E-state index is 0.0197. The highest BCUT2D eigenvalue weighted by Gasteiger charge is 2.26. The quantitative estimate of drug-likeness (QED) is 0.837. The normalized spacial score (nSPS) is 15.0. The summed E-state index contributed by atoms with van der Waals surface area (Å²) in [6.45, 7) is 8.64. The second kappa shape index (κ2) is 6.61. The van der Waals surface area contributed by atoms with E-state index in [1.165, 1.54) is 0 Å². The second-order valence-electron chi connectivity index (χ2n) is 5.36. The SMILES string of the molecule is CCN(C(=O)N1CCN(C(C)=O)CC1)c1cccc(C)c1. The van der Waals surface area contributed by atoms with Gasteiger partial charge in [0.15, 0.2) is 0 Å². The molecule has 0 spiro atoms. The minimum Gasteiger partial charge on any atom is -0.339 e. The Labute approximate surface area is 126 Å². The molecule has 1 aliphatic heterocycles. The van der Waals surface area contributed by atoms with Crippen molar-refractivity contribution in [1.82, 2.24) is 9.80 Å². The van der Waals surface area contributed by atoms with E-state index >= 15 is 0 Å². The van der Waals surface area contributed by atoms with E-state index in [4.69, 9.17) is 0 Å². The van der Waals surface area contributed by atoms with Crippen molar-refractivity contribution in [2.75, 3.05) is 37.6 Å². The Hall–Kier alpha value is -2.04. The van der Waals surface area contributed by atoms with Gasteiger partial charge in [0.05, 0.1) is 0 Å². The molecule has 1 aromatic carbocycles. The molecule has 5 heteroatoms. The van der Waals surface area contributed by atoms with Crippen molar-refractivity contribution in [3.63, 3.8) is 0 Å². The fraction of sp³-hybridized carbons (Fsp3) is 0.500. The largest absolute Gasteiger partial charge is 0.339 e. The van der Waals surface area contributed by atoms with Gasteiger partial charge in [-0.2, -0.15) is 0 Å². The number of carbonyl (C=O) groups excluding carboxylic acids is 2. The van der Waals surface area contributed by atoms with E-state index < -0.39 is 0 Å². The first-order valence-electron chi connectivity index (χ1n) is 7.41. The number of hydrogen-bond donors (Lipinski definition) is 0. The fourth-order valence-corrected chi connectivity index (χ4v) is 2.61. The molecule has 0 N–H and O–H groups in total. The average Bonchev–Trinajstić information content (AvgIpc) is 2.48. The molecule has 114 valence electrons. The van der Waals surface area contributed by atoms with Crippen LogP contribution in [0.2, 0.25) is 0 Å². The maximum absolute atomic E-state index is 12.7.